The molecule has 1 saturated heterocycles. The molecular weight excluding hydrogens is 190 g/mol. The Kier molecular flexibility index (Phi) is 5.69. The molecule has 0 bridgehead atoms. The van der Waals surface area contributed by atoms with Crippen LogP contribution in [0, 0.1) is 0 Å². The average molecular weight is 213 g/mol. The van der Waals surface area contributed by atoms with Gasteiger partial charge in [-0.25, -0.2) is 0 Å². The Morgan fingerprint density at radius 2 is 1.80 bits per heavy atom. The molecular formula is C12H23NO2. The third-order valence-electron chi connectivity index (χ3n) is 3.03. The van der Waals surface area contributed by atoms with E-state index >= 15 is 0 Å². The predicted molar refractivity (Wildman–Crippen MR) is 60.8 cm³/mol. The van der Waals surface area contributed by atoms with Crippen molar-refractivity contribution < 1.29 is 9.53 Å². The molecule has 0 radical (unpaired) electrons. The predicted octanol–water partition coefficient (Wildman–Crippen LogP) is 2.20. The van der Waals surface area contributed by atoms with E-state index in [-0.39, 0.29) is 12.0 Å². The van der Waals surface area contributed by atoms with E-state index in [9.17, 15) is 4.79 Å². The highest BCUT2D eigenvalue weighted by atomic mass is 16.5. The van der Waals surface area contributed by atoms with Crippen molar-refractivity contribution in [2.24, 2.45) is 0 Å². The summed E-state index contributed by atoms with van der Waals surface area (Å²) in [6.07, 6.45) is 5.90. The van der Waals surface area contributed by atoms with Crippen molar-refractivity contribution in [2.45, 2.75) is 52.0 Å². The fraction of sp³-hybridized carbons (Fsp3) is 0.917. The lowest BCUT2D eigenvalue weighted by molar-refractivity contribution is -0.149. The van der Waals surface area contributed by atoms with E-state index in [1.807, 2.05) is 6.92 Å². The summed E-state index contributed by atoms with van der Waals surface area (Å²) < 4.78 is 5.11. The van der Waals surface area contributed by atoms with Gasteiger partial charge in [0.1, 0.15) is 6.04 Å². The first-order valence-electron chi connectivity index (χ1n) is 6.20. The van der Waals surface area contributed by atoms with Crippen molar-refractivity contribution in [3.8, 4) is 0 Å². The third-order valence-corrected chi connectivity index (χ3v) is 3.03. The van der Waals surface area contributed by atoms with Crippen LogP contribution in [0.2, 0.25) is 0 Å². The molecule has 0 amide bonds. The number of nitrogens with zero attached hydrogens (tertiary/aromatic N) is 1. The van der Waals surface area contributed by atoms with Gasteiger partial charge in [0.05, 0.1) is 6.61 Å². The Bertz CT molecular complexity index is 186. The molecule has 3 nitrogen and oxygen atoms in total. The van der Waals surface area contributed by atoms with E-state index in [0.717, 1.165) is 19.5 Å². The van der Waals surface area contributed by atoms with Crippen LogP contribution in [0.1, 0.15) is 46.0 Å². The highest BCUT2D eigenvalue weighted by Crippen LogP contribution is 2.15. The quantitative estimate of drug-likeness (QED) is 0.670. The molecule has 15 heavy (non-hydrogen) atoms. The van der Waals surface area contributed by atoms with Crippen LogP contribution < -0.4 is 0 Å². The highest BCUT2D eigenvalue weighted by Gasteiger charge is 2.25. The molecule has 0 aromatic carbocycles. The average Bonchev–Trinajstić information content (AvgIpc) is 2.48. The van der Waals surface area contributed by atoms with Crippen molar-refractivity contribution >= 4 is 5.97 Å². The molecule has 1 heterocycles. The number of ether oxygens (including phenoxy) is 1. The van der Waals surface area contributed by atoms with Crippen LogP contribution in [0.5, 0.6) is 0 Å². The Hall–Kier alpha value is -0.570. The molecule has 0 spiro atoms. The van der Waals surface area contributed by atoms with E-state index in [4.69, 9.17) is 4.74 Å². The molecule has 0 N–H and O–H groups in total. The van der Waals surface area contributed by atoms with Gasteiger partial charge in [0, 0.05) is 0 Å². The SMILES string of the molecule is CCOC(=O)C(CC)N1CCCCCC1. The minimum absolute atomic E-state index is 0.0111. The zero-order valence-corrected chi connectivity index (χ0v) is 10.00. The summed E-state index contributed by atoms with van der Waals surface area (Å²) in [5.41, 5.74) is 0. The first-order valence-corrected chi connectivity index (χ1v) is 6.20. The lowest BCUT2D eigenvalue weighted by Crippen LogP contribution is -2.42. The first kappa shape index (κ1) is 12.5. The zero-order valence-electron chi connectivity index (χ0n) is 10.00. The van der Waals surface area contributed by atoms with Crippen molar-refractivity contribution in [3.63, 3.8) is 0 Å². The van der Waals surface area contributed by atoms with Gasteiger partial charge in [-0.15, -0.1) is 0 Å². The molecule has 1 unspecified atom stereocenters. The number of likely N-dealkylation sites (tertiary alicyclic amines) is 1. The van der Waals surface area contributed by atoms with E-state index in [0.29, 0.717) is 6.61 Å². The number of rotatable bonds is 4. The molecule has 1 atom stereocenters. The largest absolute Gasteiger partial charge is 0.465 e. The summed E-state index contributed by atoms with van der Waals surface area (Å²) in [7, 11) is 0. The Morgan fingerprint density at radius 1 is 1.20 bits per heavy atom. The monoisotopic (exact) mass is 213 g/mol. The molecule has 0 saturated carbocycles. The maximum absolute atomic E-state index is 11.7. The van der Waals surface area contributed by atoms with Gasteiger partial charge in [0.2, 0.25) is 0 Å². The summed E-state index contributed by atoms with van der Waals surface area (Å²) in [6.45, 7) is 6.53. The van der Waals surface area contributed by atoms with Crippen molar-refractivity contribution in [1.29, 1.82) is 0 Å². The van der Waals surface area contributed by atoms with Crippen molar-refractivity contribution in [3.05, 3.63) is 0 Å². The number of hydrogen-bond donors (Lipinski definition) is 0. The van der Waals surface area contributed by atoms with Crippen LogP contribution in [-0.2, 0) is 9.53 Å². The van der Waals surface area contributed by atoms with Gasteiger partial charge in [-0.05, 0) is 39.3 Å². The number of esters is 1. The Balaban J connectivity index is 2.51. The normalized spacial score (nSPS) is 20.7. The minimum atomic E-state index is -0.0399. The second-order valence-corrected chi connectivity index (χ2v) is 4.13. The first-order chi connectivity index (χ1) is 7.29. The van der Waals surface area contributed by atoms with Gasteiger partial charge in [0.15, 0.2) is 0 Å². The molecule has 0 aromatic heterocycles. The van der Waals surface area contributed by atoms with E-state index < -0.39 is 0 Å². The van der Waals surface area contributed by atoms with Crippen LogP contribution in [-0.4, -0.2) is 36.6 Å². The van der Waals surface area contributed by atoms with Crippen LogP contribution in [0.3, 0.4) is 0 Å². The van der Waals surface area contributed by atoms with Gasteiger partial charge in [-0.1, -0.05) is 19.8 Å². The summed E-state index contributed by atoms with van der Waals surface area (Å²) in [4.78, 5) is 14.0. The van der Waals surface area contributed by atoms with E-state index in [1.165, 1.54) is 25.7 Å². The van der Waals surface area contributed by atoms with Gasteiger partial charge < -0.3 is 4.74 Å². The van der Waals surface area contributed by atoms with Gasteiger partial charge in [-0.2, -0.15) is 0 Å². The second-order valence-electron chi connectivity index (χ2n) is 4.13. The molecule has 3 heteroatoms. The number of carbonyl (C=O) groups is 1. The molecule has 0 aromatic rings. The van der Waals surface area contributed by atoms with Crippen LogP contribution in [0.25, 0.3) is 0 Å². The molecule has 1 aliphatic rings. The summed E-state index contributed by atoms with van der Waals surface area (Å²) in [5, 5.41) is 0. The molecule has 1 aliphatic heterocycles. The molecule has 0 aliphatic carbocycles. The number of carbonyl (C=O) groups excluding carboxylic acids is 1. The van der Waals surface area contributed by atoms with Crippen LogP contribution in [0.15, 0.2) is 0 Å². The van der Waals surface area contributed by atoms with Gasteiger partial charge in [-0.3, -0.25) is 9.69 Å². The molecule has 1 fully saturated rings. The smallest absolute Gasteiger partial charge is 0.323 e. The maximum atomic E-state index is 11.7. The second kappa shape index (κ2) is 6.83. The van der Waals surface area contributed by atoms with Crippen LogP contribution in [0.4, 0.5) is 0 Å². The summed E-state index contributed by atoms with van der Waals surface area (Å²) in [5.74, 6) is -0.0399. The van der Waals surface area contributed by atoms with E-state index in [1.54, 1.807) is 0 Å². The fourth-order valence-corrected chi connectivity index (χ4v) is 2.22. The molecule has 1 rings (SSSR count). The highest BCUT2D eigenvalue weighted by molar-refractivity contribution is 5.75. The van der Waals surface area contributed by atoms with Crippen molar-refractivity contribution in [1.82, 2.24) is 4.90 Å². The molecule has 88 valence electrons. The van der Waals surface area contributed by atoms with Gasteiger partial charge >= 0.3 is 5.97 Å². The van der Waals surface area contributed by atoms with E-state index in [2.05, 4.69) is 11.8 Å². The standard InChI is InChI=1S/C12H23NO2/c1-3-11(12(14)15-4-2)13-9-7-5-6-8-10-13/h11H,3-10H2,1-2H3. The summed E-state index contributed by atoms with van der Waals surface area (Å²) >= 11 is 0. The van der Waals surface area contributed by atoms with Crippen LogP contribution >= 0.6 is 0 Å². The minimum Gasteiger partial charge on any atom is -0.465 e. The zero-order chi connectivity index (χ0) is 11.1. The lowest BCUT2D eigenvalue weighted by atomic mass is 10.2. The maximum Gasteiger partial charge on any atom is 0.323 e. The third kappa shape index (κ3) is 3.82. The number of hydrogen-bond acceptors (Lipinski definition) is 3. The fourth-order valence-electron chi connectivity index (χ4n) is 2.22. The summed E-state index contributed by atoms with van der Waals surface area (Å²) in [6, 6.07) is -0.0111. The van der Waals surface area contributed by atoms with Gasteiger partial charge in [0.25, 0.3) is 0 Å². The van der Waals surface area contributed by atoms with Crippen molar-refractivity contribution in [2.75, 3.05) is 19.7 Å². The Morgan fingerprint density at radius 3 is 2.27 bits per heavy atom. The lowest BCUT2D eigenvalue weighted by Gasteiger charge is -2.27. The topological polar surface area (TPSA) is 29.5 Å². The Labute approximate surface area is 92.8 Å².